The van der Waals surface area contributed by atoms with Crippen LogP contribution in [0.1, 0.15) is 36.8 Å². The number of carbonyl (C=O) groups excluding carboxylic acids is 2. The van der Waals surface area contributed by atoms with E-state index in [0.717, 1.165) is 24.0 Å². The standard InChI is InChI=1S/C23H20ClFO2/c1-2-13-3-8-16(18-10-9-17(24)12-20(18)25)11-19(13)21-22(26)14-4-5-15(7-6-14)23(21)27/h3-5,8-12,14-15,21H,2,6-7H2,1H3. The number of carbonyl (C=O) groups is 2. The Bertz CT molecular complexity index is 937. The molecule has 2 aromatic rings. The molecule has 5 rings (SSSR count). The molecule has 2 aromatic carbocycles. The topological polar surface area (TPSA) is 34.1 Å². The van der Waals surface area contributed by atoms with Gasteiger partial charge in [0.25, 0.3) is 0 Å². The maximum Gasteiger partial charge on any atom is 0.154 e. The third-order valence-corrected chi connectivity index (χ3v) is 5.98. The smallest absolute Gasteiger partial charge is 0.154 e. The largest absolute Gasteiger partial charge is 0.298 e. The molecule has 4 heteroatoms. The molecule has 0 aliphatic heterocycles. The van der Waals surface area contributed by atoms with Crippen molar-refractivity contribution in [1.29, 1.82) is 0 Å². The molecule has 0 heterocycles. The van der Waals surface area contributed by atoms with Gasteiger partial charge in [0.1, 0.15) is 11.7 Å². The average molecular weight is 383 g/mol. The van der Waals surface area contributed by atoms with Gasteiger partial charge in [-0.3, -0.25) is 9.59 Å². The average Bonchev–Trinajstić information content (AvgIpc) is 2.86. The van der Waals surface area contributed by atoms with Crippen LogP contribution in [0.5, 0.6) is 0 Å². The molecule has 0 spiro atoms. The molecule has 138 valence electrons. The summed E-state index contributed by atoms with van der Waals surface area (Å²) >= 11 is 5.86. The zero-order valence-corrected chi connectivity index (χ0v) is 15.8. The first-order chi connectivity index (χ1) is 13.0. The van der Waals surface area contributed by atoms with E-state index in [9.17, 15) is 14.0 Å². The van der Waals surface area contributed by atoms with Crippen LogP contribution in [0.25, 0.3) is 11.1 Å². The number of aryl methyl sites for hydroxylation is 1. The lowest BCUT2D eigenvalue weighted by Crippen LogP contribution is -2.26. The number of rotatable bonds is 3. The van der Waals surface area contributed by atoms with Gasteiger partial charge in [-0.05, 0) is 60.2 Å². The molecule has 2 bridgehead atoms. The van der Waals surface area contributed by atoms with Gasteiger partial charge in [0.15, 0.2) is 11.6 Å². The Kier molecular flexibility index (Phi) is 4.73. The summed E-state index contributed by atoms with van der Waals surface area (Å²) in [6.45, 7) is 2.00. The summed E-state index contributed by atoms with van der Waals surface area (Å²) in [5, 5.41) is 0.332. The first-order valence-corrected chi connectivity index (χ1v) is 9.71. The van der Waals surface area contributed by atoms with Gasteiger partial charge >= 0.3 is 0 Å². The summed E-state index contributed by atoms with van der Waals surface area (Å²) < 4.78 is 14.4. The summed E-state index contributed by atoms with van der Waals surface area (Å²) in [4.78, 5) is 26.2. The van der Waals surface area contributed by atoms with Crippen molar-refractivity contribution in [3.05, 3.63) is 70.5 Å². The minimum Gasteiger partial charge on any atom is -0.298 e. The molecule has 2 atom stereocenters. The third kappa shape index (κ3) is 3.14. The van der Waals surface area contributed by atoms with Crippen LogP contribution in [0.4, 0.5) is 4.39 Å². The van der Waals surface area contributed by atoms with E-state index in [1.54, 1.807) is 12.1 Å². The van der Waals surface area contributed by atoms with Crippen LogP contribution in [-0.2, 0) is 16.0 Å². The van der Waals surface area contributed by atoms with Crippen LogP contribution in [0, 0.1) is 17.7 Å². The second-order valence-corrected chi connectivity index (χ2v) is 7.74. The molecule has 0 saturated heterocycles. The zero-order chi connectivity index (χ0) is 19.1. The van der Waals surface area contributed by atoms with Gasteiger partial charge in [-0.25, -0.2) is 4.39 Å². The van der Waals surface area contributed by atoms with Crippen LogP contribution < -0.4 is 0 Å². The number of hydrogen-bond acceptors (Lipinski definition) is 2. The van der Waals surface area contributed by atoms with E-state index in [1.807, 2.05) is 37.3 Å². The Hall–Kier alpha value is -2.26. The Balaban J connectivity index is 1.84. The Labute approximate surface area is 163 Å². The fourth-order valence-electron chi connectivity index (χ4n) is 4.25. The predicted octanol–water partition coefficient (Wildman–Crippen LogP) is 5.53. The molecule has 27 heavy (non-hydrogen) atoms. The fraction of sp³-hybridized carbons (Fsp3) is 0.304. The van der Waals surface area contributed by atoms with Crippen LogP contribution in [0.2, 0.25) is 5.02 Å². The molecular weight excluding hydrogens is 363 g/mol. The van der Waals surface area contributed by atoms with Gasteiger partial charge in [-0.2, -0.15) is 0 Å². The maximum absolute atomic E-state index is 14.4. The van der Waals surface area contributed by atoms with E-state index in [0.29, 0.717) is 22.6 Å². The fourth-order valence-corrected chi connectivity index (χ4v) is 4.40. The molecule has 1 saturated carbocycles. The van der Waals surface area contributed by atoms with Crippen LogP contribution in [-0.4, -0.2) is 11.6 Å². The van der Waals surface area contributed by atoms with Gasteiger partial charge in [0, 0.05) is 22.4 Å². The maximum atomic E-state index is 14.4. The van der Waals surface area contributed by atoms with Crippen LogP contribution in [0.15, 0.2) is 48.6 Å². The molecule has 0 aromatic heterocycles. The van der Waals surface area contributed by atoms with E-state index in [2.05, 4.69) is 0 Å². The number of hydrogen-bond donors (Lipinski definition) is 0. The highest BCUT2D eigenvalue weighted by Gasteiger charge is 2.42. The molecule has 3 aliphatic rings. The number of allylic oxidation sites excluding steroid dienone is 2. The molecule has 1 fully saturated rings. The second kappa shape index (κ2) is 7.05. The first-order valence-electron chi connectivity index (χ1n) is 9.33. The predicted molar refractivity (Wildman–Crippen MR) is 104 cm³/mol. The van der Waals surface area contributed by atoms with Crippen molar-refractivity contribution in [3.8, 4) is 11.1 Å². The summed E-state index contributed by atoms with van der Waals surface area (Å²) in [7, 11) is 0. The van der Waals surface area contributed by atoms with Crippen molar-refractivity contribution in [1.82, 2.24) is 0 Å². The molecule has 0 radical (unpaired) electrons. The summed E-state index contributed by atoms with van der Waals surface area (Å²) in [5.41, 5.74) is 2.75. The second-order valence-electron chi connectivity index (χ2n) is 7.30. The van der Waals surface area contributed by atoms with Crippen molar-refractivity contribution >= 4 is 23.2 Å². The van der Waals surface area contributed by atoms with Crippen molar-refractivity contribution in [2.45, 2.75) is 32.1 Å². The summed E-state index contributed by atoms with van der Waals surface area (Å²) in [6, 6.07) is 10.1. The SMILES string of the molecule is CCc1ccc(-c2ccc(Cl)cc2F)cc1C1C(=O)C2C=CC(CC2)C1=O. The molecule has 2 nitrogen and oxygen atoms in total. The van der Waals surface area contributed by atoms with E-state index in [1.165, 1.54) is 6.07 Å². The van der Waals surface area contributed by atoms with Crippen molar-refractivity contribution in [2.75, 3.05) is 0 Å². The van der Waals surface area contributed by atoms with E-state index < -0.39 is 11.7 Å². The highest BCUT2D eigenvalue weighted by Crippen LogP contribution is 2.40. The van der Waals surface area contributed by atoms with E-state index in [-0.39, 0.29) is 23.4 Å². The minimum absolute atomic E-state index is 0.0281. The van der Waals surface area contributed by atoms with Gasteiger partial charge in [0.05, 0.1) is 0 Å². The van der Waals surface area contributed by atoms with Crippen molar-refractivity contribution in [3.63, 3.8) is 0 Å². The monoisotopic (exact) mass is 382 g/mol. The lowest BCUT2D eigenvalue weighted by molar-refractivity contribution is -0.130. The number of Topliss-reactive ketones (excluding diaryl/α,β-unsaturated/α-hetero) is 2. The Morgan fingerprint density at radius 1 is 1.00 bits per heavy atom. The van der Waals surface area contributed by atoms with Gasteiger partial charge in [-0.15, -0.1) is 0 Å². The minimum atomic E-state index is -0.761. The molecule has 0 amide bonds. The molecule has 2 unspecified atom stereocenters. The normalized spacial score (nSPS) is 24.3. The van der Waals surface area contributed by atoms with Gasteiger partial charge in [0.2, 0.25) is 0 Å². The molecule has 3 aliphatic carbocycles. The zero-order valence-electron chi connectivity index (χ0n) is 15.0. The number of ketones is 2. The van der Waals surface area contributed by atoms with Crippen LogP contribution in [0.3, 0.4) is 0 Å². The Morgan fingerprint density at radius 2 is 1.67 bits per heavy atom. The molecular formula is C23H20ClFO2. The quantitative estimate of drug-likeness (QED) is 0.517. The van der Waals surface area contributed by atoms with Crippen LogP contribution >= 0.6 is 11.6 Å². The highest BCUT2D eigenvalue weighted by molar-refractivity contribution is 6.30. The van der Waals surface area contributed by atoms with E-state index >= 15 is 0 Å². The lowest BCUT2D eigenvalue weighted by Gasteiger charge is -2.20. The van der Waals surface area contributed by atoms with Crippen molar-refractivity contribution < 1.29 is 14.0 Å². The number of benzene rings is 2. The third-order valence-electron chi connectivity index (χ3n) is 5.74. The Morgan fingerprint density at radius 3 is 2.22 bits per heavy atom. The molecule has 0 N–H and O–H groups in total. The number of halogens is 2. The van der Waals surface area contributed by atoms with E-state index in [4.69, 9.17) is 11.6 Å². The highest BCUT2D eigenvalue weighted by atomic mass is 35.5. The van der Waals surface area contributed by atoms with Gasteiger partial charge < -0.3 is 0 Å². The van der Waals surface area contributed by atoms with Crippen molar-refractivity contribution in [2.24, 2.45) is 11.8 Å². The first kappa shape index (κ1) is 18.1. The van der Waals surface area contributed by atoms with Gasteiger partial charge in [-0.1, -0.05) is 42.8 Å². The summed E-state index contributed by atoms with van der Waals surface area (Å²) in [6.07, 6.45) is 5.95. The number of fused-ring (bicyclic) bond motifs is 3. The summed E-state index contributed by atoms with van der Waals surface area (Å²) in [5.74, 6) is -1.63. The lowest BCUT2D eigenvalue weighted by atomic mass is 9.81.